The first kappa shape index (κ1) is 27.4. The topological polar surface area (TPSA) is 60.9 Å². The number of Topliss-reactive ketones (excluding diaryl/α,β-unsaturated/α-hetero) is 1. The summed E-state index contributed by atoms with van der Waals surface area (Å²) in [4.78, 5) is 30.4. The molecule has 1 amide bonds. The molecule has 1 saturated heterocycles. The summed E-state index contributed by atoms with van der Waals surface area (Å²) < 4.78 is 0.901. The zero-order valence-corrected chi connectivity index (χ0v) is 22.8. The Morgan fingerprint density at radius 1 is 0.943 bits per heavy atom. The van der Waals surface area contributed by atoms with Crippen LogP contribution in [0.4, 0.5) is 0 Å². The molecule has 0 unspecified atom stereocenters. The third kappa shape index (κ3) is 6.96. The molecule has 2 aromatic carbocycles. The van der Waals surface area contributed by atoms with Crippen molar-refractivity contribution in [2.45, 2.75) is 52.0 Å². The summed E-state index contributed by atoms with van der Waals surface area (Å²) in [6, 6.07) is 13.5. The van der Waals surface area contributed by atoms with Crippen LogP contribution in [0.1, 0.15) is 63.1 Å². The highest BCUT2D eigenvalue weighted by Gasteiger charge is 2.45. The maximum absolute atomic E-state index is 13.2. The lowest BCUT2D eigenvalue weighted by molar-refractivity contribution is -0.140. The number of hydrogen-bond donors (Lipinski definition) is 1. The second-order valence-electron chi connectivity index (χ2n) is 8.95. The van der Waals surface area contributed by atoms with Gasteiger partial charge in [0.2, 0.25) is 0 Å². The van der Waals surface area contributed by atoms with Crippen molar-refractivity contribution >= 4 is 45.0 Å². The minimum Gasteiger partial charge on any atom is -0.507 e. The van der Waals surface area contributed by atoms with Crippen molar-refractivity contribution in [3.8, 4) is 0 Å². The van der Waals surface area contributed by atoms with Crippen molar-refractivity contribution in [3.63, 3.8) is 0 Å². The fourth-order valence-electron chi connectivity index (χ4n) is 4.43. The maximum Gasteiger partial charge on any atom is 0.295 e. The average Bonchev–Trinajstić information content (AvgIpc) is 3.10. The van der Waals surface area contributed by atoms with Crippen LogP contribution in [0.15, 0.2) is 58.6 Å². The predicted molar refractivity (Wildman–Crippen MR) is 145 cm³/mol. The third-order valence-electron chi connectivity index (χ3n) is 6.37. The summed E-state index contributed by atoms with van der Waals surface area (Å²) >= 11 is 9.45. The third-order valence-corrected chi connectivity index (χ3v) is 7.15. The first-order valence-corrected chi connectivity index (χ1v) is 13.6. The lowest BCUT2D eigenvalue weighted by Crippen LogP contribution is -2.34. The predicted octanol–water partition coefficient (Wildman–Crippen LogP) is 6.82. The highest BCUT2D eigenvalue weighted by atomic mass is 79.9. The number of carbonyl (C=O) groups is 2. The van der Waals surface area contributed by atoms with Gasteiger partial charge in [0.25, 0.3) is 11.7 Å². The highest BCUT2D eigenvalue weighted by Crippen LogP contribution is 2.39. The van der Waals surface area contributed by atoms with E-state index in [9.17, 15) is 14.7 Å². The molecule has 1 fully saturated rings. The molecular formula is C28H34BrClN2O3. The van der Waals surface area contributed by atoms with Gasteiger partial charge in [0.15, 0.2) is 0 Å². The van der Waals surface area contributed by atoms with E-state index in [1.54, 1.807) is 29.2 Å². The Labute approximate surface area is 221 Å². The van der Waals surface area contributed by atoms with E-state index in [2.05, 4.69) is 34.7 Å². The molecule has 1 atom stereocenters. The molecular weight excluding hydrogens is 528 g/mol. The molecule has 188 valence electrons. The lowest BCUT2D eigenvalue weighted by atomic mass is 9.95. The Balaban J connectivity index is 1.90. The summed E-state index contributed by atoms with van der Waals surface area (Å²) in [6.45, 7) is 7.78. The van der Waals surface area contributed by atoms with E-state index in [1.165, 1.54) is 0 Å². The number of ketones is 1. The smallest absolute Gasteiger partial charge is 0.295 e. The molecule has 1 aliphatic heterocycles. The number of amides is 1. The summed E-state index contributed by atoms with van der Waals surface area (Å²) in [5.74, 6) is -1.40. The number of rotatable bonds is 12. The average molecular weight is 562 g/mol. The van der Waals surface area contributed by atoms with E-state index in [0.717, 1.165) is 61.8 Å². The minimum absolute atomic E-state index is 0.119. The van der Waals surface area contributed by atoms with E-state index in [1.807, 2.05) is 24.3 Å². The van der Waals surface area contributed by atoms with Gasteiger partial charge in [0, 0.05) is 21.6 Å². The van der Waals surface area contributed by atoms with Gasteiger partial charge >= 0.3 is 0 Å². The lowest BCUT2D eigenvalue weighted by Gasteiger charge is -2.27. The zero-order chi connectivity index (χ0) is 25.4. The Hall–Kier alpha value is -2.15. The number of hydrogen-bond acceptors (Lipinski definition) is 4. The van der Waals surface area contributed by atoms with E-state index >= 15 is 0 Å². The number of nitrogens with zero attached hydrogens (tertiary/aromatic N) is 2. The molecule has 35 heavy (non-hydrogen) atoms. The second-order valence-corrected chi connectivity index (χ2v) is 10.3. The number of benzene rings is 2. The van der Waals surface area contributed by atoms with Crippen molar-refractivity contribution in [3.05, 3.63) is 74.7 Å². The van der Waals surface area contributed by atoms with Crippen LogP contribution in [0.5, 0.6) is 0 Å². The van der Waals surface area contributed by atoms with Gasteiger partial charge in [-0.1, -0.05) is 66.4 Å². The van der Waals surface area contributed by atoms with Crippen LogP contribution in [0.2, 0.25) is 5.02 Å². The fourth-order valence-corrected chi connectivity index (χ4v) is 4.82. The zero-order valence-electron chi connectivity index (χ0n) is 20.5. The van der Waals surface area contributed by atoms with E-state index < -0.39 is 17.7 Å². The van der Waals surface area contributed by atoms with Gasteiger partial charge in [0.05, 0.1) is 11.6 Å². The molecule has 0 saturated carbocycles. The Kier molecular flexibility index (Phi) is 10.4. The van der Waals surface area contributed by atoms with Gasteiger partial charge in [-0.25, -0.2) is 0 Å². The van der Waals surface area contributed by atoms with Crippen LogP contribution in [-0.2, 0) is 9.59 Å². The first-order valence-electron chi connectivity index (χ1n) is 12.4. The molecule has 2 aromatic rings. The van der Waals surface area contributed by atoms with Gasteiger partial charge in [-0.3, -0.25) is 9.59 Å². The molecule has 0 aliphatic carbocycles. The van der Waals surface area contributed by atoms with Crippen molar-refractivity contribution < 1.29 is 14.7 Å². The van der Waals surface area contributed by atoms with Crippen LogP contribution < -0.4 is 0 Å². The van der Waals surface area contributed by atoms with Crippen LogP contribution in [0, 0.1) is 0 Å². The van der Waals surface area contributed by atoms with Crippen LogP contribution in [0.25, 0.3) is 5.76 Å². The second kappa shape index (κ2) is 13.2. The monoisotopic (exact) mass is 560 g/mol. The highest BCUT2D eigenvalue weighted by molar-refractivity contribution is 9.10. The molecule has 7 heteroatoms. The van der Waals surface area contributed by atoms with Crippen LogP contribution in [-0.4, -0.2) is 52.8 Å². The van der Waals surface area contributed by atoms with E-state index in [4.69, 9.17) is 11.6 Å². The Morgan fingerprint density at radius 3 is 2.09 bits per heavy atom. The molecule has 3 rings (SSSR count). The Morgan fingerprint density at radius 2 is 1.51 bits per heavy atom. The molecule has 0 radical (unpaired) electrons. The number of aliphatic hydroxyl groups excluding tert-OH is 1. The van der Waals surface area contributed by atoms with Gasteiger partial charge in [-0.2, -0.15) is 0 Å². The quantitative estimate of drug-likeness (QED) is 0.176. The van der Waals surface area contributed by atoms with Crippen molar-refractivity contribution in [2.75, 3.05) is 26.2 Å². The summed E-state index contributed by atoms with van der Waals surface area (Å²) in [6.07, 6.45) is 5.34. The summed E-state index contributed by atoms with van der Waals surface area (Å²) in [5.41, 5.74) is 1.37. The van der Waals surface area contributed by atoms with Gasteiger partial charge in [0.1, 0.15) is 5.76 Å². The SMILES string of the molecule is CCCCN(CCCC)CCCN1C(=O)C(=O)C(=C(O)c2ccc(Cl)cc2)[C@@H]1c1ccc(Br)cc1. The summed E-state index contributed by atoms with van der Waals surface area (Å²) in [5, 5.41) is 11.7. The molecule has 1 heterocycles. The Bertz CT molecular complexity index is 1030. The number of carbonyl (C=O) groups excluding carboxylic acids is 2. The van der Waals surface area contributed by atoms with Gasteiger partial charge < -0.3 is 14.9 Å². The largest absolute Gasteiger partial charge is 0.507 e. The van der Waals surface area contributed by atoms with Crippen molar-refractivity contribution in [1.82, 2.24) is 9.80 Å². The van der Waals surface area contributed by atoms with E-state index in [0.29, 0.717) is 17.1 Å². The van der Waals surface area contributed by atoms with Crippen molar-refractivity contribution in [1.29, 1.82) is 0 Å². The van der Waals surface area contributed by atoms with E-state index in [-0.39, 0.29) is 11.3 Å². The fraction of sp³-hybridized carbons (Fsp3) is 0.429. The number of likely N-dealkylation sites (tertiary alicyclic amines) is 1. The molecule has 0 bridgehead atoms. The molecule has 5 nitrogen and oxygen atoms in total. The van der Waals surface area contributed by atoms with Crippen LogP contribution in [0.3, 0.4) is 0 Å². The normalized spacial score (nSPS) is 17.5. The number of unbranched alkanes of at least 4 members (excludes halogenated alkanes) is 2. The summed E-state index contributed by atoms with van der Waals surface area (Å²) in [7, 11) is 0. The number of aliphatic hydroxyl groups is 1. The van der Waals surface area contributed by atoms with Crippen molar-refractivity contribution in [2.24, 2.45) is 0 Å². The van der Waals surface area contributed by atoms with Crippen LogP contribution >= 0.6 is 27.5 Å². The standard InChI is InChI=1S/C28H34BrClN2O3/c1-3-5-16-31(17-6-4-2)18-7-19-32-25(20-8-12-22(29)13-9-20)24(27(34)28(32)35)26(33)21-10-14-23(30)15-11-21/h8-15,25,33H,3-7,16-19H2,1-2H3/t25-/m0/s1. The number of halogens is 2. The molecule has 0 spiro atoms. The minimum atomic E-state index is -0.654. The molecule has 1 N–H and O–H groups in total. The first-order chi connectivity index (χ1) is 16.9. The van der Waals surface area contributed by atoms with Gasteiger partial charge in [-0.05, 0) is 80.9 Å². The maximum atomic E-state index is 13.2. The molecule has 0 aromatic heterocycles. The molecule has 1 aliphatic rings. The van der Waals surface area contributed by atoms with Gasteiger partial charge in [-0.15, -0.1) is 0 Å².